The van der Waals surface area contributed by atoms with Crippen LogP contribution in [0.1, 0.15) is 75.2 Å². The van der Waals surface area contributed by atoms with Crippen molar-refractivity contribution in [1.29, 1.82) is 0 Å². The van der Waals surface area contributed by atoms with E-state index in [2.05, 4.69) is 258 Å². The number of hydrazine groups is 1. The Labute approximate surface area is 439 Å². The number of nitrogens with two attached hydrogens (primary N) is 1. The molecule has 0 aliphatic heterocycles. The zero-order chi connectivity index (χ0) is 51.8. The Hall–Kier alpha value is -8.26. The molecule has 6 nitrogen and oxygen atoms in total. The minimum atomic E-state index is -0.265. The van der Waals surface area contributed by atoms with Crippen LogP contribution in [-0.2, 0) is 6.42 Å². The number of hydrogen-bond acceptors (Lipinski definition) is 4. The first-order valence-corrected chi connectivity index (χ1v) is 26.0. The van der Waals surface area contributed by atoms with E-state index in [1.54, 1.807) is 6.08 Å². The van der Waals surface area contributed by atoms with Gasteiger partial charge < -0.3 is 10.3 Å². The number of nitrogens with one attached hydrogen (secondary N) is 2. The van der Waals surface area contributed by atoms with Crippen molar-refractivity contribution < 1.29 is 0 Å². The van der Waals surface area contributed by atoms with Gasteiger partial charge in [0, 0.05) is 46.8 Å². The molecule has 1 aliphatic carbocycles. The highest BCUT2D eigenvalue weighted by molar-refractivity contribution is 6.10. The van der Waals surface area contributed by atoms with Crippen LogP contribution in [-0.4, -0.2) is 23.0 Å². The molecule has 4 N–H and O–H groups in total. The summed E-state index contributed by atoms with van der Waals surface area (Å²) in [6, 6.07) is 73.6. The highest BCUT2D eigenvalue weighted by atomic mass is 15.8. The number of hydrogen-bond donors (Lipinski definition) is 3. The summed E-state index contributed by atoms with van der Waals surface area (Å²) in [5, 5.41) is 9.44. The van der Waals surface area contributed by atoms with E-state index < -0.39 is 0 Å². The van der Waals surface area contributed by atoms with Gasteiger partial charge in [0.2, 0.25) is 0 Å². The summed E-state index contributed by atoms with van der Waals surface area (Å²) in [6.45, 7) is 13.9. The molecule has 10 aromatic rings. The van der Waals surface area contributed by atoms with Gasteiger partial charge >= 0.3 is 0 Å². The van der Waals surface area contributed by atoms with E-state index in [0.717, 1.165) is 29.4 Å². The molecule has 0 spiro atoms. The topological polar surface area (TPSA) is 63.2 Å². The fraction of sp³-hybridized carbons (Fsp3) is 0.147. The highest BCUT2D eigenvalue weighted by Crippen LogP contribution is 2.41. The average Bonchev–Trinajstić information content (AvgIpc) is 3.99. The van der Waals surface area contributed by atoms with E-state index in [-0.39, 0.29) is 6.17 Å². The number of benzene rings is 8. The quantitative estimate of drug-likeness (QED) is 0.0648. The first-order chi connectivity index (χ1) is 36.5. The summed E-state index contributed by atoms with van der Waals surface area (Å²) in [6.07, 6.45) is 11.8. The Bertz CT molecular complexity index is 3510. The predicted octanol–water partition coefficient (Wildman–Crippen LogP) is 16.7. The lowest BCUT2D eigenvalue weighted by molar-refractivity contribution is 0.391. The molecule has 74 heavy (non-hydrogen) atoms. The third-order valence-corrected chi connectivity index (χ3v) is 13.5. The molecule has 1 aliphatic rings. The van der Waals surface area contributed by atoms with E-state index in [4.69, 9.17) is 5.73 Å². The van der Waals surface area contributed by atoms with Crippen molar-refractivity contribution in [3.8, 4) is 27.9 Å². The van der Waals surface area contributed by atoms with Gasteiger partial charge in [0.25, 0.3) is 0 Å². The molecule has 2 aromatic heterocycles. The van der Waals surface area contributed by atoms with Crippen molar-refractivity contribution in [3.63, 3.8) is 0 Å². The van der Waals surface area contributed by atoms with Crippen LogP contribution in [0, 0.1) is 0 Å². The van der Waals surface area contributed by atoms with Crippen molar-refractivity contribution in [1.82, 2.24) is 20.0 Å². The van der Waals surface area contributed by atoms with Gasteiger partial charge in [-0.15, -0.1) is 0 Å². The molecule has 0 saturated heterocycles. The Morgan fingerprint density at radius 1 is 0.622 bits per heavy atom. The average molecular weight is 971 g/mol. The van der Waals surface area contributed by atoms with Crippen LogP contribution >= 0.6 is 0 Å². The van der Waals surface area contributed by atoms with Gasteiger partial charge in [-0.3, -0.25) is 5.32 Å². The van der Waals surface area contributed by atoms with Crippen LogP contribution in [0.25, 0.3) is 77.9 Å². The second kappa shape index (κ2) is 25.4. The Balaban J connectivity index is 0.000000370. The number of rotatable bonds is 12. The van der Waals surface area contributed by atoms with E-state index in [1.807, 2.05) is 46.0 Å². The fourth-order valence-electron chi connectivity index (χ4n) is 9.96. The zero-order valence-electron chi connectivity index (χ0n) is 43.8. The molecule has 8 aromatic carbocycles. The molecular formula is C68H70N6. The van der Waals surface area contributed by atoms with Crippen molar-refractivity contribution in [2.75, 3.05) is 18.8 Å². The minimum absolute atomic E-state index is 0.265. The van der Waals surface area contributed by atoms with Gasteiger partial charge in [-0.1, -0.05) is 215 Å². The monoisotopic (exact) mass is 971 g/mol. The van der Waals surface area contributed by atoms with Crippen LogP contribution in [0.3, 0.4) is 0 Å². The molecule has 0 bridgehead atoms. The summed E-state index contributed by atoms with van der Waals surface area (Å²) in [7, 11) is 1.97. The number of allylic oxidation sites excluding steroid dienone is 6. The van der Waals surface area contributed by atoms with Crippen molar-refractivity contribution in [3.05, 3.63) is 265 Å². The number of nitrogens with zero attached hydrogens (tertiary/aromatic N) is 3. The maximum absolute atomic E-state index is 6.27. The standard InChI is InChI=1S/C51H44N6.C10H12.C5H8.C2H6/c1-53-57(51(54-34-52)37-26-24-36(25-27-37)42-19-9-8-18-41(42)35-14-4-2-5-15-35)56-49-23-13-11-21-44(49)46-33-39(29-31-50(46)56)38-28-30-48-45(32-38)43-20-10-12-22-47(43)55(48)40-16-6-3-7-17-40;1-3-9(2)10-7-5-4-6-8-10;1-3-5-4-2;1-2/h2-27,29,31-33,51,53-54H,28,30,34,52H2,1H3;3-8H,1-2H3;3-5H,1H2,2H3;1-2H3/b;9-3+;5-4-;. The fourth-order valence-corrected chi connectivity index (χ4v) is 9.96. The van der Waals surface area contributed by atoms with Gasteiger partial charge in [-0.05, 0) is 126 Å². The third kappa shape index (κ3) is 11.2. The molecule has 0 amide bonds. The Morgan fingerprint density at radius 3 is 1.78 bits per heavy atom. The number of para-hydroxylation sites is 3. The first kappa shape index (κ1) is 52.1. The molecule has 11 rings (SSSR count). The maximum atomic E-state index is 6.27. The van der Waals surface area contributed by atoms with Crippen LogP contribution in [0.5, 0.6) is 0 Å². The first-order valence-electron chi connectivity index (χ1n) is 26.0. The van der Waals surface area contributed by atoms with E-state index >= 15 is 0 Å². The molecule has 0 saturated carbocycles. The third-order valence-electron chi connectivity index (χ3n) is 13.5. The summed E-state index contributed by atoms with van der Waals surface area (Å²) < 4.78 is 4.74. The van der Waals surface area contributed by atoms with Gasteiger partial charge in [0.05, 0.1) is 16.6 Å². The lowest BCUT2D eigenvalue weighted by atomic mass is 9.90. The molecule has 0 fully saturated rings. The molecule has 1 atom stereocenters. The number of aromatic nitrogens is 2. The molecule has 6 heteroatoms. The summed E-state index contributed by atoms with van der Waals surface area (Å²) >= 11 is 0. The largest absolute Gasteiger partial charge is 0.318 e. The summed E-state index contributed by atoms with van der Waals surface area (Å²) in [5.41, 5.74) is 28.3. The highest BCUT2D eigenvalue weighted by Gasteiger charge is 2.26. The lowest BCUT2D eigenvalue weighted by Gasteiger charge is -2.35. The molecular weight excluding hydrogens is 901 g/mol. The van der Waals surface area contributed by atoms with Crippen molar-refractivity contribution >= 4 is 49.9 Å². The van der Waals surface area contributed by atoms with Crippen LogP contribution < -0.4 is 21.6 Å². The molecule has 2 heterocycles. The predicted molar refractivity (Wildman–Crippen MR) is 321 cm³/mol. The van der Waals surface area contributed by atoms with Crippen molar-refractivity contribution in [2.24, 2.45) is 5.73 Å². The second-order valence-electron chi connectivity index (χ2n) is 17.8. The van der Waals surface area contributed by atoms with Gasteiger partial charge in [0.1, 0.15) is 6.17 Å². The van der Waals surface area contributed by atoms with Crippen LogP contribution in [0.15, 0.2) is 237 Å². The van der Waals surface area contributed by atoms with Crippen LogP contribution in [0.4, 0.5) is 0 Å². The number of fused-ring (bicyclic) bond motifs is 6. The normalized spacial score (nSPS) is 12.4. The second-order valence-corrected chi connectivity index (χ2v) is 17.8. The van der Waals surface area contributed by atoms with Gasteiger partial charge in [-0.2, -0.15) is 0 Å². The van der Waals surface area contributed by atoms with E-state index in [1.165, 1.54) is 83.1 Å². The maximum Gasteiger partial charge on any atom is 0.139 e. The summed E-state index contributed by atoms with van der Waals surface area (Å²) in [5.74, 6) is 0. The van der Waals surface area contributed by atoms with Gasteiger partial charge in [-0.25, -0.2) is 15.2 Å². The zero-order valence-corrected chi connectivity index (χ0v) is 43.8. The molecule has 0 radical (unpaired) electrons. The van der Waals surface area contributed by atoms with E-state index in [9.17, 15) is 0 Å². The smallest absolute Gasteiger partial charge is 0.139 e. The minimum Gasteiger partial charge on any atom is -0.318 e. The Kier molecular flexibility index (Phi) is 17.9. The summed E-state index contributed by atoms with van der Waals surface area (Å²) in [4.78, 5) is 0. The van der Waals surface area contributed by atoms with E-state index in [0.29, 0.717) is 6.67 Å². The van der Waals surface area contributed by atoms with Crippen molar-refractivity contribution in [2.45, 2.75) is 53.6 Å². The molecule has 372 valence electrons. The SMILES string of the molecule is C/C=C(\C)c1ccccc1.C=C/C=C\C.CC.CNN(C(NCN)c1ccc(-c2ccccc2-c2ccccc2)cc1)n1c2ccccc2c2cc(C3=Cc4c(n(-c5ccccc5)c5ccccc45)CC3)ccc21. The Morgan fingerprint density at radius 2 is 1.18 bits per heavy atom. The van der Waals surface area contributed by atoms with Gasteiger partial charge in [0.15, 0.2) is 0 Å². The molecule has 1 unspecified atom stereocenters. The van der Waals surface area contributed by atoms with Crippen LogP contribution in [0.2, 0.25) is 0 Å². The lowest BCUT2D eigenvalue weighted by Crippen LogP contribution is -2.52.